The van der Waals surface area contributed by atoms with E-state index in [0.717, 1.165) is 11.1 Å². The number of ether oxygens (including phenoxy) is 2. The molecule has 1 aromatic rings. The summed E-state index contributed by atoms with van der Waals surface area (Å²) in [6.45, 7) is 3.42. The van der Waals surface area contributed by atoms with Crippen LogP contribution in [0, 0.1) is 6.92 Å². The Morgan fingerprint density at radius 2 is 2.18 bits per heavy atom. The number of carbonyl (C=O) groups is 2. The molecule has 90 valence electrons. The number of fused-ring (bicyclic) bond motifs is 1. The van der Waals surface area contributed by atoms with E-state index in [-0.39, 0.29) is 0 Å². The van der Waals surface area contributed by atoms with Crippen molar-refractivity contribution in [3.63, 3.8) is 0 Å². The summed E-state index contributed by atoms with van der Waals surface area (Å²) < 4.78 is 9.89. The van der Waals surface area contributed by atoms with E-state index >= 15 is 0 Å². The fourth-order valence-electron chi connectivity index (χ4n) is 2.15. The first kappa shape index (κ1) is 11.6. The lowest BCUT2D eigenvalue weighted by molar-refractivity contribution is -0.161. The first-order valence-corrected chi connectivity index (χ1v) is 5.38. The molecule has 2 rings (SSSR count). The van der Waals surface area contributed by atoms with E-state index in [9.17, 15) is 9.59 Å². The number of methoxy groups -OCH3 is 1. The molecule has 4 nitrogen and oxygen atoms in total. The Labute approximate surface area is 99.5 Å². The molecule has 1 aromatic carbocycles. The average molecular weight is 234 g/mol. The summed E-state index contributed by atoms with van der Waals surface area (Å²) in [5, 5.41) is 0. The highest BCUT2D eigenvalue weighted by Gasteiger charge is 2.44. The molecule has 0 N–H and O–H groups in total. The van der Waals surface area contributed by atoms with Gasteiger partial charge in [0.05, 0.1) is 12.7 Å². The van der Waals surface area contributed by atoms with E-state index in [1.165, 1.54) is 7.11 Å². The number of carbonyl (C=O) groups excluding carboxylic acids is 2. The zero-order chi connectivity index (χ0) is 12.6. The molecule has 0 radical (unpaired) electrons. The number of cyclic esters (lactones) is 1. The maximum absolute atomic E-state index is 11.9. The lowest BCUT2D eigenvalue weighted by Crippen LogP contribution is -2.46. The Hall–Kier alpha value is -1.84. The second-order valence-electron chi connectivity index (χ2n) is 4.40. The van der Waals surface area contributed by atoms with Crippen molar-refractivity contribution in [2.75, 3.05) is 7.11 Å². The SMILES string of the molecule is COC(=O)C1(C)Cc2cccc(C)c2C(=O)O1. The van der Waals surface area contributed by atoms with Gasteiger partial charge in [0.15, 0.2) is 0 Å². The van der Waals surface area contributed by atoms with E-state index in [0.29, 0.717) is 12.0 Å². The van der Waals surface area contributed by atoms with Gasteiger partial charge in [-0.3, -0.25) is 0 Å². The van der Waals surface area contributed by atoms with Gasteiger partial charge < -0.3 is 9.47 Å². The predicted octanol–water partition coefficient (Wildman–Crippen LogP) is 1.64. The van der Waals surface area contributed by atoms with E-state index in [1.54, 1.807) is 6.92 Å². The van der Waals surface area contributed by atoms with E-state index < -0.39 is 17.5 Å². The van der Waals surface area contributed by atoms with Crippen molar-refractivity contribution < 1.29 is 19.1 Å². The topological polar surface area (TPSA) is 52.6 Å². The molecule has 0 fully saturated rings. The van der Waals surface area contributed by atoms with Crippen LogP contribution in [0.3, 0.4) is 0 Å². The van der Waals surface area contributed by atoms with Crippen LogP contribution in [0.2, 0.25) is 0 Å². The Bertz CT molecular complexity index is 492. The zero-order valence-electron chi connectivity index (χ0n) is 10.1. The molecule has 1 aliphatic heterocycles. The second-order valence-corrected chi connectivity index (χ2v) is 4.40. The Morgan fingerprint density at radius 3 is 2.82 bits per heavy atom. The van der Waals surface area contributed by atoms with Gasteiger partial charge in [0.1, 0.15) is 0 Å². The molecule has 1 heterocycles. The third-order valence-corrected chi connectivity index (χ3v) is 3.03. The van der Waals surface area contributed by atoms with E-state index in [2.05, 4.69) is 4.74 Å². The van der Waals surface area contributed by atoms with Crippen molar-refractivity contribution in [1.82, 2.24) is 0 Å². The molecule has 17 heavy (non-hydrogen) atoms. The number of aryl methyl sites for hydroxylation is 1. The summed E-state index contributed by atoms with van der Waals surface area (Å²) in [5.41, 5.74) is 1.04. The van der Waals surface area contributed by atoms with Crippen molar-refractivity contribution in [3.05, 3.63) is 34.9 Å². The van der Waals surface area contributed by atoms with Gasteiger partial charge in [0.2, 0.25) is 5.60 Å². The van der Waals surface area contributed by atoms with Crippen molar-refractivity contribution >= 4 is 11.9 Å². The van der Waals surface area contributed by atoms with Crippen molar-refractivity contribution in [3.8, 4) is 0 Å². The summed E-state index contributed by atoms with van der Waals surface area (Å²) in [4.78, 5) is 23.5. The zero-order valence-corrected chi connectivity index (χ0v) is 10.1. The smallest absolute Gasteiger partial charge is 0.350 e. The first-order chi connectivity index (χ1) is 7.98. The lowest BCUT2D eigenvalue weighted by Gasteiger charge is -2.32. The Balaban J connectivity index is 2.47. The molecule has 0 bridgehead atoms. The minimum absolute atomic E-state index is 0.350. The van der Waals surface area contributed by atoms with Gasteiger partial charge in [-0.15, -0.1) is 0 Å². The molecular formula is C13H14O4. The quantitative estimate of drug-likeness (QED) is 0.693. The maximum atomic E-state index is 11.9. The first-order valence-electron chi connectivity index (χ1n) is 5.38. The second kappa shape index (κ2) is 3.87. The fourth-order valence-corrected chi connectivity index (χ4v) is 2.15. The van der Waals surface area contributed by atoms with E-state index in [4.69, 9.17) is 4.74 Å². The summed E-state index contributed by atoms with van der Waals surface area (Å²) in [7, 11) is 1.28. The molecule has 0 spiro atoms. The van der Waals surface area contributed by atoms with Gasteiger partial charge in [-0.2, -0.15) is 0 Å². The Kier molecular flexibility index (Phi) is 2.65. The molecule has 0 amide bonds. The number of esters is 2. The van der Waals surface area contributed by atoms with Crippen molar-refractivity contribution in [1.29, 1.82) is 0 Å². The molecule has 4 heteroatoms. The third-order valence-electron chi connectivity index (χ3n) is 3.03. The fraction of sp³-hybridized carbons (Fsp3) is 0.385. The number of hydrogen-bond donors (Lipinski definition) is 0. The molecule has 0 aromatic heterocycles. The van der Waals surface area contributed by atoms with Crippen LogP contribution in [0.5, 0.6) is 0 Å². The standard InChI is InChI=1S/C13H14O4/c1-8-5-4-6-9-7-13(2,12(15)16-3)17-11(14)10(8)9/h4-6H,7H2,1-3H3. The summed E-state index contributed by atoms with van der Waals surface area (Å²) in [5.74, 6) is -0.991. The highest BCUT2D eigenvalue weighted by Crippen LogP contribution is 2.30. The number of hydrogen-bond acceptors (Lipinski definition) is 4. The lowest BCUT2D eigenvalue weighted by atomic mass is 9.88. The normalized spacial score (nSPS) is 22.6. The highest BCUT2D eigenvalue weighted by molar-refractivity contribution is 5.97. The largest absolute Gasteiger partial charge is 0.466 e. The van der Waals surface area contributed by atoms with Gasteiger partial charge in [0.25, 0.3) is 0 Å². The van der Waals surface area contributed by atoms with Crippen LogP contribution in [0.15, 0.2) is 18.2 Å². The van der Waals surface area contributed by atoms with Gasteiger partial charge in [-0.05, 0) is 25.0 Å². The maximum Gasteiger partial charge on any atom is 0.350 e. The summed E-state index contributed by atoms with van der Waals surface area (Å²) in [6.07, 6.45) is 0.350. The van der Waals surface area contributed by atoms with Crippen LogP contribution >= 0.6 is 0 Å². The number of rotatable bonds is 1. The summed E-state index contributed by atoms with van der Waals surface area (Å²) >= 11 is 0. The van der Waals surface area contributed by atoms with Crippen LogP contribution in [0.25, 0.3) is 0 Å². The summed E-state index contributed by atoms with van der Waals surface area (Å²) in [6, 6.07) is 5.55. The molecule has 1 atom stereocenters. The van der Waals surface area contributed by atoms with Crippen LogP contribution in [0.4, 0.5) is 0 Å². The van der Waals surface area contributed by atoms with Crippen LogP contribution in [-0.2, 0) is 20.7 Å². The molecule has 0 saturated carbocycles. The molecule has 1 aliphatic rings. The highest BCUT2D eigenvalue weighted by atomic mass is 16.6. The monoisotopic (exact) mass is 234 g/mol. The average Bonchev–Trinajstić information content (AvgIpc) is 2.27. The van der Waals surface area contributed by atoms with Crippen LogP contribution in [-0.4, -0.2) is 24.6 Å². The van der Waals surface area contributed by atoms with Crippen LogP contribution < -0.4 is 0 Å². The number of benzene rings is 1. The van der Waals surface area contributed by atoms with Crippen molar-refractivity contribution in [2.24, 2.45) is 0 Å². The third kappa shape index (κ3) is 1.79. The van der Waals surface area contributed by atoms with Crippen molar-refractivity contribution in [2.45, 2.75) is 25.9 Å². The van der Waals surface area contributed by atoms with E-state index in [1.807, 2.05) is 25.1 Å². The molecule has 1 unspecified atom stereocenters. The van der Waals surface area contributed by atoms with Gasteiger partial charge >= 0.3 is 11.9 Å². The molecular weight excluding hydrogens is 220 g/mol. The predicted molar refractivity (Wildman–Crippen MR) is 60.7 cm³/mol. The Morgan fingerprint density at radius 1 is 1.47 bits per heavy atom. The van der Waals surface area contributed by atoms with Gasteiger partial charge in [-0.25, -0.2) is 9.59 Å². The minimum Gasteiger partial charge on any atom is -0.466 e. The van der Waals surface area contributed by atoms with Crippen LogP contribution in [0.1, 0.15) is 28.4 Å². The van der Waals surface area contributed by atoms with Gasteiger partial charge in [-0.1, -0.05) is 18.2 Å². The molecule has 0 saturated heterocycles. The molecule has 0 aliphatic carbocycles. The van der Waals surface area contributed by atoms with Gasteiger partial charge in [0, 0.05) is 6.42 Å². The minimum atomic E-state index is -1.22.